The number of unbranched alkanes of at least 4 members (excludes halogenated alkanes) is 1. The summed E-state index contributed by atoms with van der Waals surface area (Å²) in [5.41, 5.74) is 6.00. The van der Waals surface area contributed by atoms with Crippen molar-refractivity contribution in [2.45, 2.75) is 43.5 Å². The summed E-state index contributed by atoms with van der Waals surface area (Å²) in [5, 5.41) is 9.85. The summed E-state index contributed by atoms with van der Waals surface area (Å²) in [6.45, 7) is 3.87. The number of primary amides is 1. The molecule has 8 heteroatoms. The molecule has 0 spiro atoms. The Hall–Kier alpha value is -2.35. The van der Waals surface area contributed by atoms with Crippen molar-refractivity contribution in [3.63, 3.8) is 0 Å². The molecule has 0 saturated carbocycles. The summed E-state index contributed by atoms with van der Waals surface area (Å²) in [6.07, 6.45) is 2.97. The number of aromatic nitrogens is 3. The minimum absolute atomic E-state index is 0.242. The van der Waals surface area contributed by atoms with Crippen LogP contribution >= 0.6 is 11.8 Å². The van der Waals surface area contributed by atoms with Crippen molar-refractivity contribution in [1.29, 1.82) is 0 Å². The molecule has 1 atom stereocenters. The highest BCUT2D eigenvalue weighted by molar-refractivity contribution is 8.00. The lowest BCUT2D eigenvalue weighted by Crippen LogP contribution is -2.24. The van der Waals surface area contributed by atoms with Gasteiger partial charge in [0.1, 0.15) is 5.82 Å². The number of carbonyl (C=O) groups excluding carboxylic acids is 2. The number of para-hydroxylation sites is 1. The number of benzene rings is 1. The second kappa shape index (κ2) is 8.49. The number of rotatable bonds is 8. The van der Waals surface area contributed by atoms with Gasteiger partial charge in [0.25, 0.3) is 5.91 Å². The van der Waals surface area contributed by atoms with Gasteiger partial charge in [-0.2, -0.15) is 0 Å². The van der Waals surface area contributed by atoms with Crippen LogP contribution in [-0.2, 0) is 11.2 Å². The molecule has 0 bridgehead atoms. The van der Waals surface area contributed by atoms with Crippen LogP contribution in [0, 0.1) is 0 Å². The molecule has 0 saturated heterocycles. The predicted octanol–water partition coefficient (Wildman–Crippen LogP) is 2.37. The van der Waals surface area contributed by atoms with Crippen LogP contribution in [0.5, 0.6) is 0 Å². The van der Waals surface area contributed by atoms with Gasteiger partial charge in [-0.25, -0.2) is 4.98 Å². The van der Waals surface area contributed by atoms with Gasteiger partial charge in [0.2, 0.25) is 11.1 Å². The predicted molar refractivity (Wildman–Crippen MR) is 93.9 cm³/mol. The number of hydrogen-bond acceptors (Lipinski definition) is 5. The summed E-state index contributed by atoms with van der Waals surface area (Å²) >= 11 is 1.26. The second-order valence-corrected chi connectivity index (χ2v) is 6.64. The van der Waals surface area contributed by atoms with Crippen molar-refractivity contribution < 1.29 is 9.59 Å². The number of nitrogens with two attached hydrogens (primary N) is 1. The molecule has 7 nitrogen and oxygen atoms in total. The lowest BCUT2D eigenvalue weighted by Gasteiger charge is -2.12. The lowest BCUT2D eigenvalue weighted by molar-refractivity contribution is -0.115. The summed E-state index contributed by atoms with van der Waals surface area (Å²) < 4.78 is 0. The highest BCUT2D eigenvalue weighted by atomic mass is 32.2. The normalized spacial score (nSPS) is 11.9. The van der Waals surface area contributed by atoms with Crippen molar-refractivity contribution in [2.75, 3.05) is 5.32 Å². The average molecular weight is 347 g/mol. The minimum atomic E-state index is -0.583. The van der Waals surface area contributed by atoms with Gasteiger partial charge in [-0.15, -0.1) is 5.10 Å². The largest absolute Gasteiger partial charge is 0.366 e. The highest BCUT2D eigenvalue weighted by Gasteiger charge is 2.19. The van der Waals surface area contributed by atoms with Gasteiger partial charge in [0.15, 0.2) is 0 Å². The highest BCUT2D eigenvalue weighted by Crippen LogP contribution is 2.22. The SMILES string of the molecule is CCCCc1nc(SC(C)C(=O)Nc2ccccc2C(N)=O)n[nH]1. The zero-order valence-electron chi connectivity index (χ0n) is 13.7. The van der Waals surface area contributed by atoms with E-state index in [4.69, 9.17) is 5.73 Å². The molecular weight excluding hydrogens is 326 g/mol. The number of aryl methyl sites for hydroxylation is 1. The number of carbonyl (C=O) groups is 2. The molecule has 1 aromatic carbocycles. The number of aromatic amines is 1. The Kier molecular flexibility index (Phi) is 6.36. The molecule has 0 aliphatic rings. The molecule has 0 radical (unpaired) electrons. The molecular formula is C16H21N5O2S. The number of H-pyrrole nitrogens is 1. The third-order valence-corrected chi connectivity index (χ3v) is 4.34. The molecule has 0 aliphatic carbocycles. The first-order valence-corrected chi connectivity index (χ1v) is 8.66. The molecule has 0 fully saturated rings. The van der Waals surface area contributed by atoms with Crippen LogP contribution in [0.4, 0.5) is 5.69 Å². The molecule has 1 unspecified atom stereocenters. The zero-order chi connectivity index (χ0) is 17.5. The molecule has 24 heavy (non-hydrogen) atoms. The first-order chi connectivity index (χ1) is 11.5. The Labute approximate surface area is 144 Å². The van der Waals surface area contributed by atoms with Gasteiger partial charge in [0, 0.05) is 6.42 Å². The number of hydrogen-bond donors (Lipinski definition) is 3. The van der Waals surface area contributed by atoms with Gasteiger partial charge >= 0.3 is 0 Å². The Bertz CT molecular complexity index is 716. The van der Waals surface area contributed by atoms with Crippen LogP contribution in [0.15, 0.2) is 29.4 Å². The molecule has 128 valence electrons. The van der Waals surface area contributed by atoms with Crippen molar-refractivity contribution in [1.82, 2.24) is 15.2 Å². The van der Waals surface area contributed by atoms with Crippen molar-refractivity contribution in [3.05, 3.63) is 35.7 Å². The van der Waals surface area contributed by atoms with Crippen LogP contribution < -0.4 is 11.1 Å². The van der Waals surface area contributed by atoms with Gasteiger partial charge in [-0.3, -0.25) is 14.7 Å². The van der Waals surface area contributed by atoms with E-state index in [0.717, 1.165) is 25.1 Å². The van der Waals surface area contributed by atoms with Crippen LogP contribution in [0.25, 0.3) is 0 Å². The lowest BCUT2D eigenvalue weighted by atomic mass is 10.1. The van der Waals surface area contributed by atoms with Crippen molar-refractivity contribution >= 4 is 29.3 Å². The number of amides is 2. The summed E-state index contributed by atoms with van der Waals surface area (Å²) in [7, 11) is 0. The van der Waals surface area contributed by atoms with E-state index in [-0.39, 0.29) is 11.5 Å². The van der Waals surface area contributed by atoms with E-state index in [9.17, 15) is 9.59 Å². The number of anilines is 1. The Morgan fingerprint density at radius 1 is 1.38 bits per heavy atom. The molecule has 1 aromatic heterocycles. The summed E-state index contributed by atoms with van der Waals surface area (Å²) in [4.78, 5) is 28.1. The molecule has 0 aliphatic heterocycles. The Morgan fingerprint density at radius 3 is 2.83 bits per heavy atom. The third-order valence-electron chi connectivity index (χ3n) is 3.38. The maximum absolute atomic E-state index is 12.3. The number of thioether (sulfide) groups is 1. The minimum Gasteiger partial charge on any atom is -0.366 e. The van der Waals surface area contributed by atoms with Crippen LogP contribution in [-0.4, -0.2) is 32.2 Å². The van der Waals surface area contributed by atoms with E-state index in [1.807, 2.05) is 0 Å². The van der Waals surface area contributed by atoms with Crippen LogP contribution in [0.1, 0.15) is 42.9 Å². The summed E-state index contributed by atoms with van der Waals surface area (Å²) in [6, 6.07) is 6.64. The Morgan fingerprint density at radius 2 is 2.12 bits per heavy atom. The third kappa shape index (κ3) is 4.82. The van der Waals surface area contributed by atoms with Crippen molar-refractivity contribution in [2.24, 2.45) is 5.73 Å². The average Bonchev–Trinajstić information content (AvgIpc) is 3.00. The summed E-state index contributed by atoms with van der Waals surface area (Å²) in [5.74, 6) is 0.000352. The number of nitrogens with one attached hydrogen (secondary N) is 2. The first kappa shape index (κ1) is 18.0. The van der Waals surface area contributed by atoms with E-state index in [1.54, 1.807) is 31.2 Å². The quantitative estimate of drug-likeness (QED) is 0.634. The van der Waals surface area contributed by atoms with E-state index >= 15 is 0 Å². The molecule has 1 heterocycles. The zero-order valence-corrected chi connectivity index (χ0v) is 14.5. The van der Waals surface area contributed by atoms with Gasteiger partial charge in [0.05, 0.1) is 16.5 Å². The Balaban J connectivity index is 1.97. The van der Waals surface area contributed by atoms with Gasteiger partial charge in [-0.1, -0.05) is 37.2 Å². The molecule has 4 N–H and O–H groups in total. The van der Waals surface area contributed by atoms with Crippen LogP contribution in [0.3, 0.4) is 0 Å². The van der Waals surface area contributed by atoms with Gasteiger partial charge < -0.3 is 11.1 Å². The molecule has 2 aromatic rings. The van der Waals surface area contributed by atoms with E-state index < -0.39 is 11.2 Å². The van der Waals surface area contributed by atoms with E-state index in [2.05, 4.69) is 27.4 Å². The topological polar surface area (TPSA) is 114 Å². The second-order valence-electron chi connectivity index (χ2n) is 5.33. The monoisotopic (exact) mass is 347 g/mol. The molecule has 2 amide bonds. The fourth-order valence-electron chi connectivity index (χ4n) is 2.04. The standard InChI is InChI=1S/C16H21N5O2S/c1-3-4-9-13-19-16(21-20-13)24-10(2)15(23)18-12-8-6-5-7-11(12)14(17)22/h5-8,10H,3-4,9H2,1-2H3,(H2,17,22)(H,18,23)(H,19,20,21). The van der Waals surface area contributed by atoms with E-state index in [1.165, 1.54) is 11.8 Å². The fourth-order valence-corrected chi connectivity index (χ4v) is 2.78. The maximum atomic E-state index is 12.3. The number of nitrogens with zero attached hydrogens (tertiary/aromatic N) is 2. The maximum Gasteiger partial charge on any atom is 0.250 e. The van der Waals surface area contributed by atoms with E-state index in [0.29, 0.717) is 10.8 Å². The molecule has 2 rings (SSSR count). The van der Waals surface area contributed by atoms with Crippen LogP contribution in [0.2, 0.25) is 0 Å². The fraction of sp³-hybridized carbons (Fsp3) is 0.375. The first-order valence-electron chi connectivity index (χ1n) is 7.79. The smallest absolute Gasteiger partial charge is 0.250 e. The van der Waals surface area contributed by atoms with Crippen molar-refractivity contribution in [3.8, 4) is 0 Å². The van der Waals surface area contributed by atoms with Gasteiger partial charge in [-0.05, 0) is 25.5 Å².